The Balaban J connectivity index is 1.50. The number of anilines is 1. The number of benzene rings is 1. The van der Waals surface area contributed by atoms with Gasteiger partial charge in [-0.3, -0.25) is 9.69 Å². The summed E-state index contributed by atoms with van der Waals surface area (Å²) < 4.78 is 0. The summed E-state index contributed by atoms with van der Waals surface area (Å²) >= 11 is 5.95. The summed E-state index contributed by atoms with van der Waals surface area (Å²) in [6, 6.07) is 7.70. The SMILES string of the molecule is O=C(NCCN1CCNCC1)[C@@H]1CCCN1c1ccc(Cl)cc1. The smallest absolute Gasteiger partial charge is 0.242 e. The molecule has 2 N–H and O–H groups in total. The average Bonchev–Trinajstić information content (AvgIpc) is 3.06. The van der Waals surface area contributed by atoms with Crippen molar-refractivity contribution in [3.63, 3.8) is 0 Å². The molecule has 0 saturated carbocycles. The predicted octanol–water partition coefficient (Wildman–Crippen LogP) is 1.33. The van der Waals surface area contributed by atoms with E-state index in [2.05, 4.69) is 20.4 Å². The zero-order valence-electron chi connectivity index (χ0n) is 13.4. The largest absolute Gasteiger partial charge is 0.360 e. The van der Waals surface area contributed by atoms with Gasteiger partial charge in [0.1, 0.15) is 6.04 Å². The Hall–Kier alpha value is -1.30. The first kappa shape index (κ1) is 16.6. The van der Waals surface area contributed by atoms with E-state index >= 15 is 0 Å². The summed E-state index contributed by atoms with van der Waals surface area (Å²) in [5, 5.41) is 7.18. The van der Waals surface area contributed by atoms with Crippen LogP contribution in [0, 0.1) is 0 Å². The van der Waals surface area contributed by atoms with E-state index < -0.39 is 0 Å². The van der Waals surface area contributed by atoms with Crippen LogP contribution in [-0.2, 0) is 4.79 Å². The van der Waals surface area contributed by atoms with Crippen molar-refractivity contribution >= 4 is 23.2 Å². The molecule has 0 spiro atoms. The Labute approximate surface area is 143 Å². The third-order valence-electron chi connectivity index (χ3n) is 4.65. The van der Waals surface area contributed by atoms with Crippen molar-refractivity contribution in [1.82, 2.24) is 15.5 Å². The van der Waals surface area contributed by atoms with Gasteiger partial charge in [-0.25, -0.2) is 0 Å². The maximum Gasteiger partial charge on any atom is 0.242 e. The number of piperazine rings is 1. The maximum absolute atomic E-state index is 12.5. The molecule has 1 atom stereocenters. The molecule has 2 heterocycles. The lowest BCUT2D eigenvalue weighted by Gasteiger charge is -2.28. The number of carbonyl (C=O) groups excluding carboxylic acids is 1. The van der Waals surface area contributed by atoms with Gasteiger partial charge in [0.05, 0.1) is 0 Å². The van der Waals surface area contributed by atoms with Gasteiger partial charge in [0.25, 0.3) is 0 Å². The van der Waals surface area contributed by atoms with Gasteiger partial charge >= 0.3 is 0 Å². The van der Waals surface area contributed by atoms with Crippen LogP contribution in [0.25, 0.3) is 0 Å². The highest BCUT2D eigenvalue weighted by molar-refractivity contribution is 6.30. The lowest BCUT2D eigenvalue weighted by atomic mass is 10.2. The summed E-state index contributed by atoms with van der Waals surface area (Å²) in [6.45, 7) is 6.80. The zero-order valence-corrected chi connectivity index (χ0v) is 14.2. The third-order valence-corrected chi connectivity index (χ3v) is 4.90. The lowest BCUT2D eigenvalue weighted by Crippen LogP contribution is -2.48. The normalized spacial score (nSPS) is 22.3. The number of carbonyl (C=O) groups is 1. The second-order valence-electron chi connectivity index (χ2n) is 6.21. The molecule has 6 heteroatoms. The highest BCUT2D eigenvalue weighted by Crippen LogP contribution is 2.26. The van der Waals surface area contributed by atoms with Crippen molar-refractivity contribution < 1.29 is 4.79 Å². The summed E-state index contributed by atoms with van der Waals surface area (Å²) in [5.74, 6) is 0.146. The average molecular weight is 337 g/mol. The number of hydrogen-bond acceptors (Lipinski definition) is 4. The van der Waals surface area contributed by atoms with Gasteiger partial charge in [-0.2, -0.15) is 0 Å². The molecule has 1 aromatic carbocycles. The van der Waals surface area contributed by atoms with Gasteiger partial charge in [0.2, 0.25) is 5.91 Å². The van der Waals surface area contributed by atoms with Crippen molar-refractivity contribution in [3.8, 4) is 0 Å². The fourth-order valence-electron chi connectivity index (χ4n) is 3.37. The molecule has 2 fully saturated rings. The van der Waals surface area contributed by atoms with Gasteiger partial charge in [-0.1, -0.05) is 11.6 Å². The number of amides is 1. The number of rotatable bonds is 5. The standard InChI is InChI=1S/C17H25ClN4O/c18-14-3-5-15(6-4-14)22-10-1-2-16(22)17(23)20-9-13-21-11-7-19-8-12-21/h3-6,16,19H,1-2,7-13H2,(H,20,23)/t16-/m0/s1. The number of nitrogens with one attached hydrogen (secondary N) is 2. The second kappa shape index (κ2) is 7.99. The van der Waals surface area contributed by atoms with Crippen molar-refractivity contribution in [2.24, 2.45) is 0 Å². The van der Waals surface area contributed by atoms with Crippen LogP contribution < -0.4 is 15.5 Å². The van der Waals surface area contributed by atoms with Crippen molar-refractivity contribution in [2.75, 3.05) is 50.7 Å². The molecule has 2 aliphatic heterocycles. The van der Waals surface area contributed by atoms with Gasteiger partial charge in [0.15, 0.2) is 0 Å². The zero-order chi connectivity index (χ0) is 16.1. The monoisotopic (exact) mass is 336 g/mol. The van der Waals surface area contributed by atoms with Crippen LogP contribution in [0.2, 0.25) is 5.02 Å². The summed E-state index contributed by atoms with van der Waals surface area (Å²) in [7, 11) is 0. The Morgan fingerprint density at radius 2 is 1.96 bits per heavy atom. The molecule has 0 unspecified atom stereocenters. The van der Waals surface area contributed by atoms with E-state index in [-0.39, 0.29) is 11.9 Å². The fraction of sp³-hybridized carbons (Fsp3) is 0.588. The molecular weight excluding hydrogens is 312 g/mol. The van der Waals surface area contributed by atoms with E-state index in [0.717, 1.165) is 69.4 Å². The van der Waals surface area contributed by atoms with Crippen LogP contribution in [0.5, 0.6) is 0 Å². The van der Waals surface area contributed by atoms with Crippen LogP contribution >= 0.6 is 11.6 Å². The summed E-state index contributed by atoms with van der Waals surface area (Å²) in [4.78, 5) is 17.1. The molecule has 23 heavy (non-hydrogen) atoms. The molecule has 0 aromatic heterocycles. The van der Waals surface area contributed by atoms with Crippen molar-refractivity contribution in [3.05, 3.63) is 29.3 Å². The molecule has 126 valence electrons. The highest BCUT2D eigenvalue weighted by Gasteiger charge is 2.30. The molecule has 1 aromatic rings. The third kappa shape index (κ3) is 4.37. The van der Waals surface area contributed by atoms with Gasteiger partial charge in [0, 0.05) is 56.5 Å². The Morgan fingerprint density at radius 3 is 2.70 bits per heavy atom. The summed E-state index contributed by atoms with van der Waals surface area (Å²) in [5.41, 5.74) is 1.08. The molecule has 1 amide bonds. The lowest BCUT2D eigenvalue weighted by molar-refractivity contribution is -0.122. The molecule has 2 aliphatic rings. The number of halogens is 1. The van der Waals surface area contributed by atoms with Crippen LogP contribution in [0.1, 0.15) is 12.8 Å². The highest BCUT2D eigenvalue weighted by atomic mass is 35.5. The molecule has 0 aliphatic carbocycles. The minimum absolute atomic E-state index is 0.0563. The first-order valence-corrected chi connectivity index (χ1v) is 8.85. The van der Waals surface area contributed by atoms with Gasteiger partial charge < -0.3 is 15.5 Å². The molecule has 0 bridgehead atoms. The fourth-order valence-corrected chi connectivity index (χ4v) is 3.50. The van der Waals surface area contributed by atoms with E-state index in [0.29, 0.717) is 0 Å². The summed E-state index contributed by atoms with van der Waals surface area (Å²) in [6.07, 6.45) is 1.97. The van der Waals surface area contributed by atoms with Gasteiger partial charge in [-0.15, -0.1) is 0 Å². The first-order chi connectivity index (χ1) is 11.2. The Kier molecular flexibility index (Phi) is 5.75. The van der Waals surface area contributed by atoms with E-state index in [9.17, 15) is 4.79 Å². The molecule has 3 rings (SSSR count). The molecule has 0 radical (unpaired) electrons. The van der Waals surface area contributed by atoms with E-state index in [4.69, 9.17) is 11.6 Å². The molecular formula is C17H25ClN4O. The van der Waals surface area contributed by atoms with Crippen LogP contribution in [0.4, 0.5) is 5.69 Å². The quantitative estimate of drug-likeness (QED) is 0.851. The van der Waals surface area contributed by atoms with Crippen molar-refractivity contribution in [2.45, 2.75) is 18.9 Å². The Morgan fingerprint density at radius 1 is 1.22 bits per heavy atom. The van der Waals surface area contributed by atoms with E-state index in [1.54, 1.807) is 0 Å². The van der Waals surface area contributed by atoms with Crippen LogP contribution in [0.15, 0.2) is 24.3 Å². The van der Waals surface area contributed by atoms with Gasteiger partial charge in [-0.05, 0) is 37.1 Å². The first-order valence-electron chi connectivity index (χ1n) is 8.47. The van der Waals surface area contributed by atoms with Crippen molar-refractivity contribution in [1.29, 1.82) is 0 Å². The minimum Gasteiger partial charge on any atom is -0.360 e. The van der Waals surface area contributed by atoms with E-state index in [1.807, 2.05) is 24.3 Å². The van der Waals surface area contributed by atoms with E-state index in [1.165, 1.54) is 0 Å². The number of nitrogens with zero attached hydrogens (tertiary/aromatic N) is 2. The minimum atomic E-state index is -0.0563. The Bertz CT molecular complexity index is 516. The predicted molar refractivity (Wildman–Crippen MR) is 94.1 cm³/mol. The van der Waals surface area contributed by atoms with Crippen LogP contribution in [-0.4, -0.2) is 62.7 Å². The van der Waals surface area contributed by atoms with Crippen LogP contribution in [0.3, 0.4) is 0 Å². The number of hydrogen-bond donors (Lipinski definition) is 2. The maximum atomic E-state index is 12.5. The topological polar surface area (TPSA) is 47.6 Å². The molecule has 2 saturated heterocycles. The second-order valence-corrected chi connectivity index (χ2v) is 6.65. The molecule has 5 nitrogen and oxygen atoms in total.